The molecule has 0 amide bonds. The van der Waals surface area contributed by atoms with E-state index in [4.69, 9.17) is 4.74 Å². The van der Waals surface area contributed by atoms with Crippen LogP contribution < -0.4 is 4.74 Å². The first-order chi connectivity index (χ1) is 9.17. The van der Waals surface area contributed by atoms with Crippen LogP contribution in [0.4, 0.5) is 0 Å². The van der Waals surface area contributed by atoms with E-state index in [1.165, 1.54) is 0 Å². The van der Waals surface area contributed by atoms with Gasteiger partial charge in [-0.3, -0.25) is 4.79 Å². The standard InChI is InChI=1S/C16H18O3/c1-3-11(16(17)18)10-14-13-7-5-4-6-12(13)8-9-15(14)19-2/h4-9,11H,3,10H2,1-2H3,(H,17,18). The lowest BCUT2D eigenvalue weighted by atomic mass is 9.92. The predicted octanol–water partition coefficient (Wildman–Crippen LogP) is 3.50. The van der Waals surface area contributed by atoms with Crippen LogP contribution in [0, 0.1) is 5.92 Å². The van der Waals surface area contributed by atoms with Crippen LogP contribution in [0.15, 0.2) is 36.4 Å². The Morgan fingerprint density at radius 1 is 1.26 bits per heavy atom. The van der Waals surface area contributed by atoms with Gasteiger partial charge in [-0.2, -0.15) is 0 Å². The van der Waals surface area contributed by atoms with E-state index in [0.717, 1.165) is 22.1 Å². The van der Waals surface area contributed by atoms with E-state index in [0.29, 0.717) is 12.8 Å². The highest BCUT2D eigenvalue weighted by Crippen LogP contribution is 2.30. The van der Waals surface area contributed by atoms with E-state index in [1.54, 1.807) is 7.11 Å². The lowest BCUT2D eigenvalue weighted by Crippen LogP contribution is -2.16. The minimum Gasteiger partial charge on any atom is -0.496 e. The number of rotatable bonds is 5. The smallest absolute Gasteiger partial charge is 0.306 e. The van der Waals surface area contributed by atoms with E-state index in [9.17, 15) is 9.90 Å². The van der Waals surface area contributed by atoms with Crippen molar-refractivity contribution in [3.05, 3.63) is 42.0 Å². The van der Waals surface area contributed by atoms with Crippen LogP contribution in [0.25, 0.3) is 10.8 Å². The first-order valence-electron chi connectivity index (χ1n) is 6.44. The Bertz CT molecular complexity index is 590. The minimum atomic E-state index is -0.752. The molecule has 0 saturated heterocycles. The van der Waals surface area contributed by atoms with Gasteiger partial charge in [0.2, 0.25) is 0 Å². The number of carboxylic acid groups (broad SMARTS) is 1. The van der Waals surface area contributed by atoms with Crippen LogP contribution in [0.3, 0.4) is 0 Å². The summed E-state index contributed by atoms with van der Waals surface area (Å²) in [5.41, 5.74) is 0.981. The molecule has 0 aromatic heterocycles. The number of ether oxygens (including phenoxy) is 1. The monoisotopic (exact) mass is 258 g/mol. The van der Waals surface area contributed by atoms with Gasteiger partial charge in [0.15, 0.2) is 0 Å². The lowest BCUT2D eigenvalue weighted by Gasteiger charge is -2.15. The Labute approximate surface area is 112 Å². The van der Waals surface area contributed by atoms with E-state index < -0.39 is 5.97 Å². The van der Waals surface area contributed by atoms with Gasteiger partial charge in [0.25, 0.3) is 0 Å². The van der Waals surface area contributed by atoms with Crippen LogP contribution in [-0.2, 0) is 11.2 Å². The Kier molecular flexibility index (Phi) is 4.05. The average Bonchev–Trinajstić information content (AvgIpc) is 2.44. The Morgan fingerprint density at radius 3 is 2.63 bits per heavy atom. The largest absolute Gasteiger partial charge is 0.496 e. The summed E-state index contributed by atoms with van der Waals surface area (Å²) in [6.07, 6.45) is 1.11. The fraction of sp³-hybridized carbons (Fsp3) is 0.312. The summed E-state index contributed by atoms with van der Waals surface area (Å²) in [5.74, 6) is -0.365. The first kappa shape index (κ1) is 13.4. The van der Waals surface area contributed by atoms with E-state index in [1.807, 2.05) is 43.3 Å². The molecule has 1 unspecified atom stereocenters. The molecule has 0 spiro atoms. The summed E-state index contributed by atoms with van der Waals surface area (Å²) in [4.78, 5) is 11.2. The number of carboxylic acids is 1. The number of carbonyl (C=O) groups is 1. The zero-order chi connectivity index (χ0) is 13.8. The van der Waals surface area contributed by atoms with Crippen molar-refractivity contribution < 1.29 is 14.6 Å². The van der Waals surface area contributed by atoms with Gasteiger partial charge >= 0.3 is 5.97 Å². The summed E-state index contributed by atoms with van der Waals surface area (Å²) in [5, 5.41) is 11.4. The van der Waals surface area contributed by atoms with Crippen LogP contribution in [0.5, 0.6) is 5.75 Å². The Hall–Kier alpha value is -2.03. The van der Waals surface area contributed by atoms with Crippen LogP contribution >= 0.6 is 0 Å². The van der Waals surface area contributed by atoms with Gasteiger partial charge in [0.1, 0.15) is 5.75 Å². The number of aliphatic carboxylic acids is 1. The second kappa shape index (κ2) is 5.74. The van der Waals surface area contributed by atoms with Gasteiger partial charge in [0.05, 0.1) is 13.0 Å². The molecule has 0 saturated carbocycles. The Balaban J connectivity index is 2.52. The van der Waals surface area contributed by atoms with Crippen LogP contribution in [0.2, 0.25) is 0 Å². The van der Waals surface area contributed by atoms with Gasteiger partial charge in [-0.1, -0.05) is 37.3 Å². The summed E-state index contributed by atoms with van der Waals surface area (Å²) in [6, 6.07) is 11.9. The van der Waals surface area contributed by atoms with Crippen molar-refractivity contribution in [1.29, 1.82) is 0 Å². The molecule has 0 fully saturated rings. The highest BCUT2D eigenvalue weighted by Gasteiger charge is 2.19. The van der Waals surface area contributed by atoms with Crippen molar-refractivity contribution in [2.75, 3.05) is 7.11 Å². The maximum absolute atomic E-state index is 11.2. The molecule has 0 aliphatic carbocycles. The zero-order valence-electron chi connectivity index (χ0n) is 11.2. The summed E-state index contributed by atoms with van der Waals surface area (Å²) >= 11 is 0. The third-order valence-electron chi connectivity index (χ3n) is 3.51. The maximum atomic E-state index is 11.2. The van der Waals surface area contributed by atoms with Crippen LogP contribution in [0.1, 0.15) is 18.9 Å². The van der Waals surface area contributed by atoms with Crippen molar-refractivity contribution in [2.24, 2.45) is 5.92 Å². The number of benzene rings is 2. The molecule has 19 heavy (non-hydrogen) atoms. The van der Waals surface area contributed by atoms with Gasteiger partial charge in [0, 0.05) is 5.56 Å². The molecule has 3 nitrogen and oxygen atoms in total. The molecule has 2 aromatic rings. The quantitative estimate of drug-likeness (QED) is 0.892. The molecule has 1 atom stereocenters. The molecule has 2 aromatic carbocycles. The second-order valence-electron chi connectivity index (χ2n) is 4.62. The van der Waals surface area contributed by atoms with Crippen LogP contribution in [-0.4, -0.2) is 18.2 Å². The molecule has 0 bridgehead atoms. The van der Waals surface area contributed by atoms with Crippen molar-refractivity contribution in [3.63, 3.8) is 0 Å². The third kappa shape index (κ3) is 2.70. The molecule has 2 rings (SSSR count). The summed E-state index contributed by atoms with van der Waals surface area (Å²) in [7, 11) is 1.62. The summed E-state index contributed by atoms with van der Waals surface area (Å²) < 4.78 is 5.39. The molecule has 1 N–H and O–H groups in total. The maximum Gasteiger partial charge on any atom is 0.306 e. The number of methoxy groups -OCH3 is 1. The molecular formula is C16H18O3. The van der Waals surface area contributed by atoms with E-state index in [2.05, 4.69) is 0 Å². The van der Waals surface area contributed by atoms with Gasteiger partial charge < -0.3 is 9.84 Å². The third-order valence-corrected chi connectivity index (χ3v) is 3.51. The lowest BCUT2D eigenvalue weighted by molar-refractivity contribution is -0.141. The fourth-order valence-corrected chi connectivity index (χ4v) is 2.37. The highest BCUT2D eigenvalue weighted by molar-refractivity contribution is 5.88. The number of hydrogen-bond acceptors (Lipinski definition) is 2. The normalized spacial score (nSPS) is 12.3. The molecule has 0 heterocycles. The van der Waals surface area contributed by atoms with Gasteiger partial charge in [-0.25, -0.2) is 0 Å². The number of hydrogen-bond donors (Lipinski definition) is 1. The van der Waals surface area contributed by atoms with E-state index >= 15 is 0 Å². The zero-order valence-corrected chi connectivity index (χ0v) is 11.2. The Morgan fingerprint density at radius 2 is 2.00 bits per heavy atom. The molecule has 3 heteroatoms. The van der Waals surface area contributed by atoms with Crippen molar-refractivity contribution >= 4 is 16.7 Å². The van der Waals surface area contributed by atoms with Crippen molar-refractivity contribution in [2.45, 2.75) is 19.8 Å². The molecular weight excluding hydrogens is 240 g/mol. The highest BCUT2D eigenvalue weighted by atomic mass is 16.5. The first-order valence-corrected chi connectivity index (χ1v) is 6.44. The summed E-state index contributed by atoms with van der Waals surface area (Å²) in [6.45, 7) is 1.90. The number of fused-ring (bicyclic) bond motifs is 1. The fourth-order valence-electron chi connectivity index (χ4n) is 2.37. The predicted molar refractivity (Wildman–Crippen MR) is 75.6 cm³/mol. The van der Waals surface area contributed by atoms with Gasteiger partial charge in [-0.15, -0.1) is 0 Å². The second-order valence-corrected chi connectivity index (χ2v) is 4.62. The topological polar surface area (TPSA) is 46.5 Å². The van der Waals surface area contributed by atoms with E-state index in [-0.39, 0.29) is 5.92 Å². The molecule has 0 aliphatic heterocycles. The van der Waals surface area contributed by atoms with Crippen molar-refractivity contribution in [1.82, 2.24) is 0 Å². The minimum absolute atomic E-state index is 0.375. The molecule has 0 radical (unpaired) electrons. The van der Waals surface area contributed by atoms with Crippen molar-refractivity contribution in [3.8, 4) is 5.75 Å². The SMILES string of the molecule is CCC(Cc1c(OC)ccc2ccccc12)C(=O)O. The molecule has 100 valence electrons. The van der Waals surface area contributed by atoms with Gasteiger partial charge in [-0.05, 0) is 29.7 Å². The molecule has 0 aliphatic rings. The average molecular weight is 258 g/mol.